The maximum atomic E-state index is 11.1. The molecule has 2 aromatic rings. The van der Waals surface area contributed by atoms with E-state index in [4.69, 9.17) is 15.2 Å². The molecule has 2 N–H and O–H groups in total. The first kappa shape index (κ1) is 14.7. The standard InChI is InChI=1S/C14H15N3O4/c1-9(15)10-3-6-14(16-8-10)21-13-5-4-11(20-2)7-12(13)17(18)19/h3-9H,15H2,1-2H3/t9-/m0/s1. The summed E-state index contributed by atoms with van der Waals surface area (Å²) in [7, 11) is 1.44. The van der Waals surface area contributed by atoms with Crippen LogP contribution in [0, 0.1) is 10.1 Å². The molecule has 1 aromatic carbocycles. The maximum Gasteiger partial charge on any atom is 0.315 e. The highest BCUT2D eigenvalue weighted by molar-refractivity contribution is 5.52. The SMILES string of the molecule is COc1ccc(Oc2ccc([C@H](C)N)cn2)c([N+](=O)[O-])c1. The fourth-order valence-electron chi connectivity index (χ4n) is 1.69. The Balaban J connectivity index is 2.28. The lowest BCUT2D eigenvalue weighted by Crippen LogP contribution is -2.05. The smallest absolute Gasteiger partial charge is 0.315 e. The first-order valence-corrected chi connectivity index (χ1v) is 6.23. The number of pyridine rings is 1. The number of rotatable bonds is 5. The highest BCUT2D eigenvalue weighted by Crippen LogP contribution is 2.33. The first-order chi connectivity index (χ1) is 10.0. The lowest BCUT2D eigenvalue weighted by molar-refractivity contribution is -0.385. The molecule has 2 rings (SSSR count). The average molecular weight is 289 g/mol. The van der Waals surface area contributed by atoms with E-state index in [2.05, 4.69) is 4.98 Å². The van der Waals surface area contributed by atoms with Crippen molar-refractivity contribution >= 4 is 5.69 Å². The van der Waals surface area contributed by atoms with Crippen LogP contribution in [0.25, 0.3) is 0 Å². The Hall–Kier alpha value is -2.67. The van der Waals surface area contributed by atoms with Gasteiger partial charge in [-0.1, -0.05) is 6.07 Å². The molecule has 0 fully saturated rings. The molecule has 0 bridgehead atoms. The molecule has 0 saturated carbocycles. The summed E-state index contributed by atoms with van der Waals surface area (Å²) in [4.78, 5) is 14.6. The molecular formula is C14H15N3O4. The number of nitro benzene ring substituents is 1. The Morgan fingerprint density at radius 3 is 2.62 bits per heavy atom. The predicted molar refractivity (Wildman–Crippen MR) is 76.6 cm³/mol. The van der Waals surface area contributed by atoms with Crippen molar-refractivity contribution in [1.29, 1.82) is 0 Å². The zero-order chi connectivity index (χ0) is 15.4. The number of aromatic nitrogens is 1. The Kier molecular flexibility index (Phi) is 4.34. The van der Waals surface area contributed by atoms with Gasteiger partial charge in [-0.05, 0) is 24.6 Å². The van der Waals surface area contributed by atoms with Crippen LogP contribution in [0.1, 0.15) is 18.5 Å². The second-order valence-corrected chi connectivity index (χ2v) is 4.41. The van der Waals surface area contributed by atoms with Crippen LogP contribution in [-0.4, -0.2) is 17.0 Å². The van der Waals surface area contributed by atoms with Crippen LogP contribution in [-0.2, 0) is 0 Å². The first-order valence-electron chi connectivity index (χ1n) is 6.23. The molecule has 0 radical (unpaired) electrons. The molecule has 110 valence electrons. The van der Waals surface area contributed by atoms with Crippen LogP contribution in [0.5, 0.6) is 17.4 Å². The number of benzene rings is 1. The van der Waals surface area contributed by atoms with Crippen molar-refractivity contribution in [3.63, 3.8) is 0 Å². The Bertz CT molecular complexity index is 641. The van der Waals surface area contributed by atoms with Gasteiger partial charge >= 0.3 is 5.69 Å². The molecule has 1 atom stereocenters. The van der Waals surface area contributed by atoms with Gasteiger partial charge in [0.25, 0.3) is 0 Å². The monoisotopic (exact) mass is 289 g/mol. The molecule has 7 nitrogen and oxygen atoms in total. The Labute approximate surface area is 121 Å². The summed E-state index contributed by atoms with van der Waals surface area (Å²) in [6.45, 7) is 1.84. The van der Waals surface area contributed by atoms with Crippen molar-refractivity contribution in [2.45, 2.75) is 13.0 Å². The minimum absolute atomic E-state index is 0.0989. The van der Waals surface area contributed by atoms with Gasteiger partial charge in [0.15, 0.2) is 0 Å². The van der Waals surface area contributed by atoms with Crippen LogP contribution in [0.3, 0.4) is 0 Å². The van der Waals surface area contributed by atoms with E-state index in [9.17, 15) is 10.1 Å². The predicted octanol–water partition coefficient (Wildman–Crippen LogP) is 2.81. The summed E-state index contributed by atoms with van der Waals surface area (Å²) in [6, 6.07) is 7.60. The van der Waals surface area contributed by atoms with Crippen LogP contribution in [0.4, 0.5) is 5.69 Å². The molecule has 0 saturated heterocycles. The number of hydrogen-bond donors (Lipinski definition) is 1. The highest BCUT2D eigenvalue weighted by atomic mass is 16.6. The topological polar surface area (TPSA) is 101 Å². The van der Waals surface area contributed by atoms with Crippen molar-refractivity contribution in [2.24, 2.45) is 5.73 Å². The molecule has 21 heavy (non-hydrogen) atoms. The highest BCUT2D eigenvalue weighted by Gasteiger charge is 2.17. The molecule has 0 spiro atoms. The summed E-state index contributed by atoms with van der Waals surface area (Å²) in [5.41, 5.74) is 6.39. The van der Waals surface area contributed by atoms with Crippen LogP contribution in [0.2, 0.25) is 0 Å². The van der Waals surface area contributed by atoms with Gasteiger partial charge in [0.05, 0.1) is 18.1 Å². The fourth-order valence-corrected chi connectivity index (χ4v) is 1.69. The third kappa shape index (κ3) is 3.46. The summed E-state index contributed by atoms with van der Waals surface area (Å²) in [5, 5.41) is 11.1. The third-order valence-electron chi connectivity index (χ3n) is 2.86. The second-order valence-electron chi connectivity index (χ2n) is 4.41. The van der Waals surface area contributed by atoms with Crippen LogP contribution >= 0.6 is 0 Å². The lowest BCUT2D eigenvalue weighted by Gasteiger charge is -2.08. The number of nitrogens with two attached hydrogens (primary N) is 1. The van der Waals surface area contributed by atoms with Crippen molar-refractivity contribution in [1.82, 2.24) is 4.98 Å². The van der Waals surface area contributed by atoms with Crippen molar-refractivity contribution in [3.8, 4) is 17.4 Å². The van der Waals surface area contributed by atoms with E-state index in [0.717, 1.165) is 5.56 Å². The number of hydrogen-bond acceptors (Lipinski definition) is 6. The quantitative estimate of drug-likeness (QED) is 0.671. The normalized spacial score (nSPS) is 11.8. The van der Waals surface area contributed by atoms with Gasteiger partial charge in [0.1, 0.15) is 5.75 Å². The maximum absolute atomic E-state index is 11.1. The number of nitro groups is 1. The van der Waals surface area contributed by atoms with Gasteiger partial charge in [-0.2, -0.15) is 0 Å². The molecule has 7 heteroatoms. The average Bonchev–Trinajstić information content (AvgIpc) is 2.48. The van der Waals surface area contributed by atoms with E-state index >= 15 is 0 Å². The van der Waals surface area contributed by atoms with Crippen molar-refractivity contribution in [3.05, 3.63) is 52.2 Å². The molecule has 0 aliphatic rings. The number of methoxy groups -OCH3 is 1. The van der Waals surface area contributed by atoms with Gasteiger partial charge in [-0.3, -0.25) is 10.1 Å². The molecule has 1 aromatic heterocycles. The fraction of sp³-hybridized carbons (Fsp3) is 0.214. The van der Waals surface area contributed by atoms with Crippen LogP contribution < -0.4 is 15.2 Å². The molecule has 0 amide bonds. The van der Waals surface area contributed by atoms with E-state index in [1.165, 1.54) is 19.2 Å². The number of ether oxygens (including phenoxy) is 2. The Morgan fingerprint density at radius 1 is 1.33 bits per heavy atom. The largest absolute Gasteiger partial charge is 0.496 e. The van der Waals surface area contributed by atoms with Gasteiger partial charge in [-0.25, -0.2) is 4.98 Å². The summed E-state index contributed by atoms with van der Waals surface area (Å²) < 4.78 is 10.4. The second kappa shape index (κ2) is 6.19. The summed E-state index contributed by atoms with van der Waals surface area (Å²) in [5.74, 6) is 0.740. The Morgan fingerprint density at radius 2 is 2.10 bits per heavy atom. The van der Waals surface area contributed by atoms with E-state index < -0.39 is 4.92 Å². The zero-order valence-corrected chi connectivity index (χ0v) is 11.6. The van der Waals surface area contributed by atoms with Gasteiger partial charge in [0, 0.05) is 18.3 Å². The molecule has 1 heterocycles. The van der Waals surface area contributed by atoms with E-state index in [-0.39, 0.29) is 23.4 Å². The van der Waals surface area contributed by atoms with Crippen LogP contribution in [0.15, 0.2) is 36.5 Å². The minimum Gasteiger partial charge on any atom is -0.496 e. The van der Waals surface area contributed by atoms with Gasteiger partial charge in [-0.15, -0.1) is 0 Å². The van der Waals surface area contributed by atoms with Gasteiger partial charge in [0.2, 0.25) is 11.6 Å². The molecule has 0 aliphatic heterocycles. The lowest BCUT2D eigenvalue weighted by atomic mass is 10.2. The van der Waals surface area contributed by atoms with E-state index in [0.29, 0.717) is 5.75 Å². The molecule has 0 aliphatic carbocycles. The number of nitrogens with zero attached hydrogens (tertiary/aromatic N) is 2. The zero-order valence-electron chi connectivity index (χ0n) is 11.6. The van der Waals surface area contributed by atoms with Gasteiger partial charge < -0.3 is 15.2 Å². The molecule has 0 unspecified atom stereocenters. The van der Waals surface area contributed by atoms with Crippen molar-refractivity contribution < 1.29 is 14.4 Å². The van der Waals surface area contributed by atoms with Crippen molar-refractivity contribution in [2.75, 3.05) is 7.11 Å². The minimum atomic E-state index is -0.534. The third-order valence-corrected chi connectivity index (χ3v) is 2.86. The van der Waals surface area contributed by atoms with E-state index in [1.807, 2.05) is 6.92 Å². The molecular weight excluding hydrogens is 274 g/mol. The summed E-state index contributed by atoms with van der Waals surface area (Å²) in [6.07, 6.45) is 1.58. The summed E-state index contributed by atoms with van der Waals surface area (Å²) >= 11 is 0. The van der Waals surface area contributed by atoms with E-state index in [1.54, 1.807) is 24.4 Å².